The number of carboxylic acid groups (broad SMARTS) is 1. The average molecular weight is 427 g/mol. The molecule has 0 aromatic heterocycles. The maximum absolute atomic E-state index is 11.3. The molecule has 5 nitrogen and oxygen atoms in total. The van der Waals surface area contributed by atoms with Crippen LogP contribution in [0.1, 0.15) is 96.5 Å². The van der Waals surface area contributed by atoms with Gasteiger partial charge < -0.3 is 5.11 Å². The summed E-state index contributed by atoms with van der Waals surface area (Å²) in [6.07, 6.45) is 15.0. The largest absolute Gasteiger partial charge is 0.481 e. The molecule has 166 valence electrons. The van der Waals surface area contributed by atoms with Gasteiger partial charge in [-0.25, -0.2) is 0 Å². The highest BCUT2D eigenvalue weighted by Gasteiger charge is 2.44. The summed E-state index contributed by atoms with van der Waals surface area (Å²) >= 11 is 0. The molecule has 0 spiro atoms. The van der Waals surface area contributed by atoms with Gasteiger partial charge in [-0.3, -0.25) is 9.35 Å². The Morgan fingerprint density at radius 3 is 1.83 bits per heavy atom. The number of hydrogen-bond acceptors (Lipinski definition) is 3. The molecule has 1 aromatic rings. The van der Waals surface area contributed by atoms with Crippen molar-refractivity contribution in [2.45, 2.75) is 102 Å². The van der Waals surface area contributed by atoms with Crippen molar-refractivity contribution in [2.75, 3.05) is 0 Å². The molecule has 2 N–H and O–H groups in total. The highest BCUT2D eigenvalue weighted by atomic mass is 32.2. The predicted octanol–water partition coefficient (Wildman–Crippen LogP) is 6.27. The van der Waals surface area contributed by atoms with E-state index in [0.29, 0.717) is 6.42 Å². The summed E-state index contributed by atoms with van der Waals surface area (Å²) in [6.45, 7) is 4.01. The Morgan fingerprint density at radius 2 is 1.41 bits per heavy atom. The molecule has 0 amide bonds. The van der Waals surface area contributed by atoms with Crippen LogP contribution in [-0.2, 0) is 21.3 Å². The molecule has 0 bridgehead atoms. The van der Waals surface area contributed by atoms with Crippen LogP contribution in [0.4, 0.5) is 0 Å². The summed E-state index contributed by atoms with van der Waals surface area (Å²) in [6, 6.07) is 6.73. The van der Waals surface area contributed by atoms with Gasteiger partial charge in [-0.15, -0.1) is 0 Å². The van der Waals surface area contributed by atoms with Crippen molar-refractivity contribution in [1.82, 2.24) is 0 Å². The maximum Gasteiger partial charge on any atom is 0.309 e. The lowest BCUT2D eigenvalue weighted by Gasteiger charge is -2.07. The first-order valence-corrected chi connectivity index (χ1v) is 12.4. The Balaban J connectivity index is 0.000000502. The standard InChI is InChI=1S/C18H30O3S.C5H8O2/c1-2-3-4-5-6-7-8-9-10-11-14-17-15-12-13-16-18(17)22(19,20)21;1-5(2-3-5)4(6)7/h12-13,15-16H,2-11,14H2,1H3,(H,19,20,21);2-3H2,1H3,(H,6,7). The number of carbonyl (C=O) groups is 1. The number of unbranched alkanes of at least 4 members (excludes halogenated alkanes) is 9. The van der Waals surface area contributed by atoms with Gasteiger partial charge in [-0.05, 0) is 44.2 Å². The van der Waals surface area contributed by atoms with Crippen molar-refractivity contribution in [3.8, 4) is 0 Å². The molecule has 0 unspecified atom stereocenters. The van der Waals surface area contributed by atoms with E-state index in [-0.39, 0.29) is 10.3 Å². The number of carboxylic acids is 1. The molecule has 0 heterocycles. The third-order valence-electron chi connectivity index (χ3n) is 5.57. The Morgan fingerprint density at radius 1 is 0.931 bits per heavy atom. The van der Waals surface area contributed by atoms with Crippen LogP contribution in [0.3, 0.4) is 0 Å². The van der Waals surface area contributed by atoms with Crippen LogP contribution < -0.4 is 0 Å². The fourth-order valence-electron chi connectivity index (χ4n) is 3.17. The molecule has 2 rings (SSSR count). The zero-order chi connectivity index (χ0) is 21.8. The van der Waals surface area contributed by atoms with E-state index < -0.39 is 16.1 Å². The first-order chi connectivity index (χ1) is 13.7. The summed E-state index contributed by atoms with van der Waals surface area (Å²) in [5, 5.41) is 8.31. The van der Waals surface area contributed by atoms with Gasteiger partial charge in [0.15, 0.2) is 0 Å². The van der Waals surface area contributed by atoms with Gasteiger partial charge in [0.25, 0.3) is 10.1 Å². The van der Waals surface area contributed by atoms with E-state index >= 15 is 0 Å². The van der Waals surface area contributed by atoms with Gasteiger partial charge in [-0.1, -0.05) is 82.9 Å². The molecule has 6 heteroatoms. The van der Waals surface area contributed by atoms with Crippen LogP contribution in [0.15, 0.2) is 29.2 Å². The molecule has 0 atom stereocenters. The second-order valence-electron chi connectivity index (χ2n) is 8.38. The summed E-state index contributed by atoms with van der Waals surface area (Å²) < 4.78 is 31.8. The van der Waals surface area contributed by atoms with Crippen LogP contribution in [0.2, 0.25) is 0 Å². The van der Waals surface area contributed by atoms with Gasteiger partial charge in [0.2, 0.25) is 0 Å². The van der Waals surface area contributed by atoms with Gasteiger partial charge in [0, 0.05) is 0 Å². The molecule has 0 aliphatic heterocycles. The molecule has 1 aromatic carbocycles. The zero-order valence-electron chi connectivity index (χ0n) is 18.0. The van der Waals surface area contributed by atoms with E-state index in [0.717, 1.165) is 31.2 Å². The monoisotopic (exact) mass is 426 g/mol. The van der Waals surface area contributed by atoms with E-state index in [1.165, 1.54) is 57.4 Å². The molecule has 29 heavy (non-hydrogen) atoms. The first kappa shape index (κ1) is 25.6. The molecule has 1 aliphatic carbocycles. The maximum atomic E-state index is 11.3. The summed E-state index contributed by atoms with van der Waals surface area (Å²) in [5.41, 5.74) is 0.393. The molecule has 0 radical (unpaired) electrons. The van der Waals surface area contributed by atoms with Gasteiger partial charge in [0.1, 0.15) is 0 Å². The van der Waals surface area contributed by atoms with E-state index in [1.54, 1.807) is 19.1 Å². The van der Waals surface area contributed by atoms with Crippen LogP contribution in [0.25, 0.3) is 0 Å². The third kappa shape index (κ3) is 10.8. The molecule has 1 fully saturated rings. The topological polar surface area (TPSA) is 91.7 Å². The van der Waals surface area contributed by atoms with Crippen molar-refractivity contribution >= 4 is 16.1 Å². The van der Waals surface area contributed by atoms with Gasteiger partial charge >= 0.3 is 5.97 Å². The number of benzene rings is 1. The van der Waals surface area contributed by atoms with Crippen LogP contribution in [0.5, 0.6) is 0 Å². The number of rotatable bonds is 13. The Labute approximate surface area is 176 Å². The number of hydrogen-bond donors (Lipinski definition) is 2. The zero-order valence-corrected chi connectivity index (χ0v) is 18.8. The van der Waals surface area contributed by atoms with Crippen molar-refractivity contribution in [1.29, 1.82) is 0 Å². The van der Waals surface area contributed by atoms with E-state index in [4.69, 9.17) is 5.11 Å². The summed E-state index contributed by atoms with van der Waals surface area (Å²) in [4.78, 5) is 10.1. The third-order valence-corrected chi connectivity index (χ3v) is 6.52. The average Bonchev–Trinajstić information content (AvgIpc) is 3.42. The lowest BCUT2D eigenvalue weighted by atomic mass is 10.0. The van der Waals surface area contributed by atoms with Crippen molar-refractivity contribution in [3.63, 3.8) is 0 Å². The van der Waals surface area contributed by atoms with Gasteiger partial charge in [-0.2, -0.15) is 8.42 Å². The number of aryl methyl sites for hydroxylation is 1. The quantitative estimate of drug-likeness (QED) is 0.286. The minimum Gasteiger partial charge on any atom is -0.481 e. The molecule has 0 saturated heterocycles. The van der Waals surface area contributed by atoms with Crippen LogP contribution in [0, 0.1) is 5.41 Å². The summed E-state index contributed by atoms with van der Waals surface area (Å²) in [7, 11) is -4.10. The molecule has 1 aliphatic rings. The fraction of sp³-hybridized carbons (Fsp3) is 0.696. The lowest BCUT2D eigenvalue weighted by Crippen LogP contribution is -2.08. The van der Waals surface area contributed by atoms with E-state index in [9.17, 15) is 17.8 Å². The Bertz CT molecular complexity index is 708. The predicted molar refractivity (Wildman–Crippen MR) is 117 cm³/mol. The number of aliphatic carboxylic acids is 1. The van der Waals surface area contributed by atoms with Crippen LogP contribution in [-0.4, -0.2) is 24.0 Å². The molecule has 1 saturated carbocycles. The Hall–Kier alpha value is -1.40. The van der Waals surface area contributed by atoms with Crippen molar-refractivity contribution in [3.05, 3.63) is 29.8 Å². The normalized spacial score (nSPS) is 14.7. The fourth-order valence-corrected chi connectivity index (χ4v) is 3.92. The van der Waals surface area contributed by atoms with Crippen molar-refractivity contribution in [2.24, 2.45) is 5.41 Å². The summed E-state index contributed by atoms with van der Waals surface area (Å²) in [5.74, 6) is -0.646. The lowest BCUT2D eigenvalue weighted by molar-refractivity contribution is -0.142. The van der Waals surface area contributed by atoms with Crippen LogP contribution >= 0.6 is 0 Å². The minimum atomic E-state index is -4.10. The minimum absolute atomic E-state index is 0.0610. The highest BCUT2D eigenvalue weighted by molar-refractivity contribution is 7.85. The second kappa shape index (κ2) is 13.0. The molecular weight excluding hydrogens is 388 g/mol. The van der Waals surface area contributed by atoms with Crippen molar-refractivity contribution < 1.29 is 22.9 Å². The Kier molecular flexibility index (Phi) is 11.5. The molecular formula is C23H38O5S. The SMILES string of the molecule is CC1(C(=O)O)CC1.CCCCCCCCCCCCc1ccccc1S(=O)(=O)O. The smallest absolute Gasteiger partial charge is 0.309 e. The van der Waals surface area contributed by atoms with E-state index in [2.05, 4.69) is 6.92 Å². The van der Waals surface area contributed by atoms with E-state index in [1.807, 2.05) is 6.07 Å². The first-order valence-electron chi connectivity index (χ1n) is 11.0. The van der Waals surface area contributed by atoms with Gasteiger partial charge in [0.05, 0.1) is 10.3 Å². The second-order valence-corrected chi connectivity index (χ2v) is 9.77. The highest BCUT2D eigenvalue weighted by Crippen LogP contribution is 2.44.